The van der Waals surface area contributed by atoms with Gasteiger partial charge in [0, 0.05) is 22.3 Å². The third-order valence-electron chi connectivity index (χ3n) is 6.97. The van der Waals surface area contributed by atoms with Gasteiger partial charge in [-0.2, -0.15) is 0 Å². The van der Waals surface area contributed by atoms with Gasteiger partial charge in [-0.1, -0.05) is 115 Å². The van der Waals surface area contributed by atoms with Gasteiger partial charge in [-0.3, -0.25) is 0 Å². The Morgan fingerprint density at radius 3 is 1.58 bits per heavy atom. The van der Waals surface area contributed by atoms with Crippen LogP contribution in [0.15, 0.2) is 146 Å². The molecule has 6 aromatic rings. The van der Waals surface area contributed by atoms with E-state index in [0.29, 0.717) is 0 Å². The van der Waals surface area contributed by atoms with Crippen molar-refractivity contribution in [3.05, 3.63) is 146 Å². The Kier molecular flexibility index (Phi) is 5.49. The van der Waals surface area contributed by atoms with Gasteiger partial charge in [-0.25, -0.2) is 0 Å². The Labute approximate surface area is 222 Å². The molecular weight excluding hydrogens is 464 g/mol. The zero-order valence-corrected chi connectivity index (χ0v) is 20.7. The number of ether oxygens (including phenoxy) is 2. The molecule has 2 nitrogen and oxygen atoms in total. The second-order valence-corrected chi connectivity index (χ2v) is 9.32. The highest BCUT2D eigenvalue weighted by Gasteiger charge is 2.23. The molecule has 0 aliphatic carbocycles. The molecule has 0 amide bonds. The van der Waals surface area contributed by atoms with Crippen LogP contribution in [0.1, 0.15) is 0 Å². The predicted molar refractivity (Wildman–Crippen MR) is 155 cm³/mol. The molecule has 1 aliphatic rings. The zero-order chi connectivity index (χ0) is 25.3. The summed E-state index contributed by atoms with van der Waals surface area (Å²) >= 11 is 0. The maximum atomic E-state index is 6.83. The van der Waals surface area contributed by atoms with Crippen LogP contribution in [0.3, 0.4) is 0 Å². The fourth-order valence-corrected chi connectivity index (χ4v) is 5.17. The lowest BCUT2D eigenvalue weighted by Gasteiger charge is -2.23. The Morgan fingerprint density at radius 1 is 0.289 bits per heavy atom. The summed E-state index contributed by atoms with van der Waals surface area (Å²) in [5, 5.41) is 0. The van der Waals surface area contributed by atoms with E-state index in [4.69, 9.17) is 9.47 Å². The van der Waals surface area contributed by atoms with Crippen LogP contribution in [0, 0.1) is 0 Å². The van der Waals surface area contributed by atoms with E-state index in [-0.39, 0.29) is 0 Å². The Morgan fingerprint density at radius 2 is 0.816 bits per heavy atom. The predicted octanol–water partition coefficient (Wildman–Crippen LogP) is 10.3. The minimum absolute atomic E-state index is 0.784. The van der Waals surface area contributed by atoms with E-state index < -0.39 is 0 Å². The molecule has 0 fully saturated rings. The van der Waals surface area contributed by atoms with Crippen LogP contribution in [0.5, 0.6) is 23.0 Å². The lowest BCUT2D eigenvalue weighted by atomic mass is 9.92. The minimum Gasteiger partial charge on any atom is -0.456 e. The van der Waals surface area contributed by atoms with Crippen molar-refractivity contribution in [3.8, 4) is 67.5 Å². The molecule has 0 spiro atoms. The lowest BCUT2D eigenvalue weighted by Crippen LogP contribution is -1.99. The average molecular weight is 489 g/mol. The zero-order valence-electron chi connectivity index (χ0n) is 20.7. The molecule has 0 saturated carbocycles. The molecule has 38 heavy (non-hydrogen) atoms. The Balaban J connectivity index is 1.51. The molecule has 2 heteroatoms. The van der Waals surface area contributed by atoms with Crippen LogP contribution < -0.4 is 9.47 Å². The van der Waals surface area contributed by atoms with Crippen molar-refractivity contribution in [3.63, 3.8) is 0 Å². The Bertz CT molecular complexity index is 1750. The maximum absolute atomic E-state index is 6.83. The van der Waals surface area contributed by atoms with Crippen LogP contribution in [-0.4, -0.2) is 0 Å². The molecule has 0 atom stereocenters. The van der Waals surface area contributed by atoms with E-state index in [1.807, 2.05) is 54.6 Å². The highest BCUT2D eigenvalue weighted by Crippen LogP contribution is 2.50. The summed E-state index contributed by atoms with van der Waals surface area (Å²) < 4.78 is 13.5. The first-order valence-electron chi connectivity index (χ1n) is 12.8. The summed E-state index contributed by atoms with van der Waals surface area (Å²) in [6.45, 7) is 0. The molecule has 180 valence electrons. The van der Waals surface area contributed by atoms with Crippen LogP contribution >= 0.6 is 0 Å². The van der Waals surface area contributed by atoms with Gasteiger partial charge in [0.15, 0.2) is 0 Å². The van der Waals surface area contributed by atoms with Gasteiger partial charge < -0.3 is 9.47 Å². The topological polar surface area (TPSA) is 18.5 Å². The molecular formula is C36H24O2. The van der Waals surface area contributed by atoms with Gasteiger partial charge >= 0.3 is 0 Å². The monoisotopic (exact) mass is 488 g/mol. The second kappa shape index (κ2) is 9.42. The van der Waals surface area contributed by atoms with Crippen LogP contribution in [0.25, 0.3) is 44.5 Å². The highest BCUT2D eigenvalue weighted by molar-refractivity contribution is 5.91. The first-order valence-corrected chi connectivity index (χ1v) is 12.8. The lowest BCUT2D eigenvalue weighted by molar-refractivity contribution is 0.472. The third kappa shape index (κ3) is 3.93. The summed E-state index contributed by atoms with van der Waals surface area (Å²) in [7, 11) is 0. The number of para-hydroxylation sites is 2. The van der Waals surface area contributed by atoms with Gasteiger partial charge in [0.05, 0.1) is 0 Å². The van der Waals surface area contributed by atoms with Crippen molar-refractivity contribution >= 4 is 0 Å². The van der Waals surface area contributed by atoms with Crippen LogP contribution in [-0.2, 0) is 0 Å². The van der Waals surface area contributed by atoms with Crippen LogP contribution in [0.2, 0.25) is 0 Å². The van der Waals surface area contributed by atoms with Gasteiger partial charge in [-0.05, 0) is 52.6 Å². The van der Waals surface area contributed by atoms with Gasteiger partial charge in [-0.15, -0.1) is 0 Å². The average Bonchev–Trinajstić information content (AvgIpc) is 2.99. The van der Waals surface area contributed by atoms with Gasteiger partial charge in [0.1, 0.15) is 23.0 Å². The molecule has 0 N–H and O–H groups in total. The fourth-order valence-electron chi connectivity index (χ4n) is 5.17. The first-order chi connectivity index (χ1) is 18.8. The van der Waals surface area contributed by atoms with Crippen molar-refractivity contribution in [2.75, 3.05) is 0 Å². The highest BCUT2D eigenvalue weighted by atomic mass is 16.5. The molecule has 0 radical (unpaired) electrons. The quantitative estimate of drug-likeness (QED) is 0.241. The number of hydrogen-bond acceptors (Lipinski definition) is 2. The van der Waals surface area contributed by atoms with Crippen LogP contribution in [0.4, 0.5) is 0 Å². The largest absolute Gasteiger partial charge is 0.456 e. The molecule has 0 unspecified atom stereocenters. The first kappa shape index (κ1) is 22.1. The van der Waals surface area contributed by atoms with E-state index in [2.05, 4.69) is 91.0 Å². The summed E-state index contributed by atoms with van der Waals surface area (Å²) in [5.74, 6) is 3.15. The maximum Gasteiger partial charge on any atom is 0.136 e. The second-order valence-electron chi connectivity index (χ2n) is 9.32. The van der Waals surface area contributed by atoms with Crippen molar-refractivity contribution in [1.82, 2.24) is 0 Å². The summed E-state index contributed by atoms with van der Waals surface area (Å²) in [6.07, 6.45) is 0. The summed E-state index contributed by atoms with van der Waals surface area (Å²) in [4.78, 5) is 0. The fraction of sp³-hybridized carbons (Fsp3) is 0. The van der Waals surface area contributed by atoms with E-state index in [1.165, 1.54) is 0 Å². The van der Waals surface area contributed by atoms with Crippen molar-refractivity contribution < 1.29 is 9.47 Å². The number of benzene rings is 6. The molecule has 0 saturated heterocycles. The number of fused-ring (bicyclic) bond motifs is 6. The SMILES string of the molecule is c1ccc(-c2ccc3c(c2)-c2ccccc2Oc2ccccc2-c2c(cccc2-c2ccccc2)O3)cc1. The molecule has 7 rings (SSSR count). The van der Waals surface area contributed by atoms with E-state index in [1.54, 1.807) is 0 Å². The smallest absolute Gasteiger partial charge is 0.136 e. The normalized spacial score (nSPS) is 11.6. The molecule has 0 aromatic heterocycles. The van der Waals surface area contributed by atoms with E-state index in [0.717, 1.165) is 67.5 Å². The summed E-state index contributed by atoms with van der Waals surface area (Å²) in [5.41, 5.74) is 8.46. The molecule has 0 bridgehead atoms. The van der Waals surface area contributed by atoms with E-state index >= 15 is 0 Å². The summed E-state index contributed by atoms with van der Waals surface area (Å²) in [6, 6.07) is 49.9. The Hall–Kier alpha value is -5.08. The van der Waals surface area contributed by atoms with Crippen molar-refractivity contribution in [2.24, 2.45) is 0 Å². The molecule has 1 aliphatic heterocycles. The molecule has 1 heterocycles. The third-order valence-corrected chi connectivity index (χ3v) is 6.97. The van der Waals surface area contributed by atoms with Gasteiger partial charge in [0.2, 0.25) is 0 Å². The van der Waals surface area contributed by atoms with Crippen molar-refractivity contribution in [2.45, 2.75) is 0 Å². The minimum atomic E-state index is 0.784. The van der Waals surface area contributed by atoms with E-state index in [9.17, 15) is 0 Å². The number of rotatable bonds is 2. The van der Waals surface area contributed by atoms with Crippen molar-refractivity contribution in [1.29, 1.82) is 0 Å². The standard InChI is InChI=1S/C36H24O2/c1-3-12-25(13-4-1)27-22-23-34-31(24-27)29-16-7-9-19-32(29)37-33-20-10-8-17-30(33)36-28(18-11-21-35(36)38-34)26-14-5-2-6-15-26/h1-24H. The molecule has 6 aromatic carbocycles. The number of hydrogen-bond donors (Lipinski definition) is 0. The van der Waals surface area contributed by atoms with Gasteiger partial charge in [0.25, 0.3) is 0 Å².